The molecule has 0 aromatic rings. The Morgan fingerprint density at radius 1 is 1.00 bits per heavy atom. The molecule has 0 radical (unpaired) electrons. The first kappa shape index (κ1) is 20.2. The van der Waals surface area contributed by atoms with E-state index < -0.39 is 0 Å². The maximum absolute atomic E-state index is 12.6. The number of piperazine rings is 1. The third-order valence-corrected chi connectivity index (χ3v) is 5.69. The second-order valence-electron chi connectivity index (χ2n) is 7.82. The molecule has 0 atom stereocenters. The number of nitrogens with one attached hydrogen (secondary N) is 1. The van der Waals surface area contributed by atoms with Crippen LogP contribution in [-0.4, -0.2) is 85.4 Å². The van der Waals surface area contributed by atoms with E-state index in [2.05, 4.69) is 29.0 Å². The van der Waals surface area contributed by atoms with Crippen molar-refractivity contribution in [2.75, 3.05) is 52.9 Å². The number of carbonyl (C=O) groups is 2. The highest BCUT2D eigenvalue weighted by Gasteiger charge is 2.27. The summed E-state index contributed by atoms with van der Waals surface area (Å²) in [7, 11) is 1.97. The minimum atomic E-state index is 0.109. The monoisotopic (exact) mass is 352 g/mol. The minimum Gasteiger partial charge on any atom is -0.355 e. The first-order chi connectivity index (χ1) is 12.0. The molecule has 1 heterocycles. The van der Waals surface area contributed by atoms with E-state index in [0.717, 1.165) is 57.9 Å². The van der Waals surface area contributed by atoms with Crippen LogP contribution in [0.3, 0.4) is 0 Å². The number of rotatable bonds is 7. The molecule has 1 saturated heterocycles. The van der Waals surface area contributed by atoms with Gasteiger partial charge in [-0.2, -0.15) is 0 Å². The molecule has 144 valence electrons. The highest BCUT2D eigenvalue weighted by atomic mass is 16.2. The summed E-state index contributed by atoms with van der Waals surface area (Å²) in [5.41, 5.74) is 0. The highest BCUT2D eigenvalue weighted by molar-refractivity contribution is 5.78. The summed E-state index contributed by atoms with van der Waals surface area (Å²) in [5.74, 6) is 1.16. The van der Waals surface area contributed by atoms with E-state index in [1.807, 2.05) is 11.9 Å². The zero-order valence-corrected chi connectivity index (χ0v) is 16.3. The molecule has 0 aromatic carbocycles. The van der Waals surface area contributed by atoms with Gasteiger partial charge in [-0.1, -0.05) is 13.8 Å². The molecule has 1 aliphatic heterocycles. The summed E-state index contributed by atoms with van der Waals surface area (Å²) < 4.78 is 0. The Bertz CT molecular complexity index is 427. The van der Waals surface area contributed by atoms with Crippen molar-refractivity contribution in [3.05, 3.63) is 0 Å². The van der Waals surface area contributed by atoms with Crippen molar-refractivity contribution >= 4 is 11.8 Å². The van der Waals surface area contributed by atoms with Crippen LogP contribution < -0.4 is 5.32 Å². The Kier molecular flexibility index (Phi) is 8.16. The van der Waals surface area contributed by atoms with Gasteiger partial charge in [0.25, 0.3) is 0 Å². The predicted molar refractivity (Wildman–Crippen MR) is 100 cm³/mol. The van der Waals surface area contributed by atoms with Crippen LogP contribution >= 0.6 is 0 Å². The zero-order valence-electron chi connectivity index (χ0n) is 16.3. The van der Waals surface area contributed by atoms with Gasteiger partial charge in [-0.05, 0) is 38.0 Å². The van der Waals surface area contributed by atoms with E-state index in [-0.39, 0.29) is 11.8 Å². The first-order valence-electron chi connectivity index (χ1n) is 9.96. The van der Waals surface area contributed by atoms with Gasteiger partial charge < -0.3 is 10.2 Å². The summed E-state index contributed by atoms with van der Waals surface area (Å²) in [4.78, 5) is 30.8. The minimum absolute atomic E-state index is 0.109. The fourth-order valence-corrected chi connectivity index (χ4v) is 3.77. The average molecular weight is 353 g/mol. The third kappa shape index (κ3) is 6.59. The van der Waals surface area contributed by atoms with Gasteiger partial charge in [0.2, 0.25) is 11.8 Å². The second kappa shape index (κ2) is 10.1. The summed E-state index contributed by atoms with van der Waals surface area (Å²) in [6.45, 7) is 9.54. The summed E-state index contributed by atoms with van der Waals surface area (Å²) >= 11 is 0. The Morgan fingerprint density at radius 3 is 2.12 bits per heavy atom. The van der Waals surface area contributed by atoms with Gasteiger partial charge in [0.1, 0.15) is 0 Å². The molecular formula is C19H36N4O2. The van der Waals surface area contributed by atoms with Crippen LogP contribution in [0.2, 0.25) is 0 Å². The zero-order chi connectivity index (χ0) is 18.2. The van der Waals surface area contributed by atoms with E-state index in [0.29, 0.717) is 19.1 Å². The van der Waals surface area contributed by atoms with Crippen molar-refractivity contribution in [2.24, 2.45) is 5.92 Å². The molecular weight excluding hydrogens is 316 g/mol. The van der Waals surface area contributed by atoms with Gasteiger partial charge in [-0.3, -0.25) is 19.4 Å². The summed E-state index contributed by atoms with van der Waals surface area (Å²) in [6.07, 6.45) is 5.73. The topological polar surface area (TPSA) is 55.9 Å². The number of likely N-dealkylation sites (N-methyl/N-ethyl adjacent to an activating group) is 1. The maximum atomic E-state index is 12.6. The largest absolute Gasteiger partial charge is 0.355 e. The lowest BCUT2D eigenvalue weighted by molar-refractivity contribution is -0.134. The lowest BCUT2D eigenvalue weighted by Gasteiger charge is -2.37. The molecule has 6 nitrogen and oxygen atoms in total. The second-order valence-corrected chi connectivity index (χ2v) is 7.82. The number of hydrogen-bond acceptors (Lipinski definition) is 4. The van der Waals surface area contributed by atoms with Crippen LogP contribution in [0.5, 0.6) is 0 Å². The number of carbonyl (C=O) groups excluding carboxylic acids is 2. The van der Waals surface area contributed by atoms with Gasteiger partial charge in [0.15, 0.2) is 0 Å². The Hall–Kier alpha value is -1.14. The molecule has 25 heavy (non-hydrogen) atoms. The van der Waals surface area contributed by atoms with Crippen LogP contribution in [0.4, 0.5) is 0 Å². The molecule has 6 heteroatoms. The van der Waals surface area contributed by atoms with Gasteiger partial charge in [-0.25, -0.2) is 0 Å². The standard InChI is InChI=1S/C19H36N4O2/c1-4-9-20-18(24)14-22-10-12-23(13-11-22)15-19(25)21(3)17-7-5-16(2)6-8-17/h16-17H,4-15H2,1-3H3,(H,20,24). The number of amides is 2. The molecule has 2 fully saturated rings. The van der Waals surface area contributed by atoms with Crippen LogP contribution in [0.25, 0.3) is 0 Å². The Balaban J connectivity index is 1.67. The molecule has 0 spiro atoms. The quantitative estimate of drug-likeness (QED) is 0.747. The van der Waals surface area contributed by atoms with Crippen LogP contribution in [0.15, 0.2) is 0 Å². The Labute approximate surface area is 152 Å². The normalized spacial score (nSPS) is 25.6. The lowest BCUT2D eigenvalue weighted by atomic mass is 9.87. The van der Waals surface area contributed by atoms with Crippen LogP contribution in [0, 0.1) is 5.92 Å². The Morgan fingerprint density at radius 2 is 1.56 bits per heavy atom. The van der Waals surface area contributed by atoms with Crippen molar-refractivity contribution in [1.82, 2.24) is 20.0 Å². The molecule has 2 amide bonds. The first-order valence-corrected chi connectivity index (χ1v) is 9.96. The van der Waals surface area contributed by atoms with Gasteiger partial charge in [0.05, 0.1) is 13.1 Å². The smallest absolute Gasteiger partial charge is 0.236 e. The third-order valence-electron chi connectivity index (χ3n) is 5.69. The van der Waals surface area contributed by atoms with Gasteiger partial charge in [0, 0.05) is 45.8 Å². The van der Waals surface area contributed by atoms with E-state index in [1.165, 1.54) is 12.8 Å². The number of nitrogens with zero attached hydrogens (tertiary/aromatic N) is 3. The molecule has 1 N–H and O–H groups in total. The fourth-order valence-electron chi connectivity index (χ4n) is 3.77. The van der Waals surface area contributed by atoms with Crippen molar-refractivity contribution in [3.63, 3.8) is 0 Å². The summed E-state index contributed by atoms with van der Waals surface area (Å²) in [5, 5.41) is 2.92. The fraction of sp³-hybridized carbons (Fsp3) is 0.895. The molecule has 0 unspecified atom stereocenters. The van der Waals surface area contributed by atoms with Crippen molar-refractivity contribution in [2.45, 2.75) is 52.0 Å². The van der Waals surface area contributed by atoms with Crippen LogP contribution in [-0.2, 0) is 9.59 Å². The predicted octanol–water partition coefficient (Wildman–Crippen LogP) is 1.17. The molecule has 2 rings (SSSR count). The average Bonchev–Trinajstić information content (AvgIpc) is 2.61. The number of hydrogen-bond donors (Lipinski definition) is 1. The van der Waals surface area contributed by atoms with Crippen molar-refractivity contribution < 1.29 is 9.59 Å². The summed E-state index contributed by atoms with van der Waals surface area (Å²) in [6, 6.07) is 0.423. The van der Waals surface area contributed by atoms with E-state index in [4.69, 9.17) is 0 Å². The molecule has 2 aliphatic rings. The highest BCUT2D eigenvalue weighted by Crippen LogP contribution is 2.26. The van der Waals surface area contributed by atoms with Crippen LogP contribution in [0.1, 0.15) is 46.0 Å². The molecule has 0 aromatic heterocycles. The van der Waals surface area contributed by atoms with E-state index >= 15 is 0 Å². The maximum Gasteiger partial charge on any atom is 0.236 e. The SMILES string of the molecule is CCCNC(=O)CN1CCN(CC(=O)N(C)C2CCC(C)CC2)CC1. The van der Waals surface area contributed by atoms with Crippen molar-refractivity contribution in [1.29, 1.82) is 0 Å². The van der Waals surface area contributed by atoms with Crippen molar-refractivity contribution in [3.8, 4) is 0 Å². The molecule has 1 saturated carbocycles. The molecule has 0 bridgehead atoms. The van der Waals surface area contributed by atoms with E-state index in [9.17, 15) is 9.59 Å². The molecule has 1 aliphatic carbocycles. The van der Waals surface area contributed by atoms with Gasteiger partial charge in [-0.15, -0.1) is 0 Å². The van der Waals surface area contributed by atoms with E-state index in [1.54, 1.807) is 0 Å². The van der Waals surface area contributed by atoms with Gasteiger partial charge >= 0.3 is 0 Å². The lowest BCUT2D eigenvalue weighted by Crippen LogP contribution is -2.52.